The highest BCUT2D eigenvalue weighted by Gasteiger charge is 2.33. The minimum absolute atomic E-state index is 0.0471. The van der Waals surface area contributed by atoms with Crippen LogP contribution in [0.2, 0.25) is 5.02 Å². The van der Waals surface area contributed by atoms with Crippen LogP contribution in [0.4, 0.5) is 29.3 Å². The average Bonchev–Trinajstić information content (AvgIpc) is 3.04. The summed E-state index contributed by atoms with van der Waals surface area (Å²) in [6.07, 6.45) is -3.23. The first-order valence-corrected chi connectivity index (χ1v) is 10.0. The van der Waals surface area contributed by atoms with Gasteiger partial charge in [-0.25, -0.2) is 14.8 Å². The number of ether oxygens (including phenoxy) is 1. The molecule has 0 bridgehead atoms. The van der Waals surface area contributed by atoms with Gasteiger partial charge in [-0.05, 0) is 61.9 Å². The first-order chi connectivity index (χ1) is 15.6. The molecule has 4 rings (SSSR count). The first-order valence-electron chi connectivity index (χ1n) is 9.64. The normalized spacial score (nSPS) is 11.5. The summed E-state index contributed by atoms with van der Waals surface area (Å²) in [5.41, 5.74) is 1.94. The number of aromatic amines is 1. The standard InChI is InChI=1S/C22H17ClF3N5O2/c1-11-12(2)29-19-18(11)20(28-10-27-19)33-15-6-3-13(4-7-15)30-21(32)31-14-5-8-17(23)16(9-14)22(24,25)26/h3-10H,1-2H3,(H,27,28,29)(H2,30,31,32). The van der Waals surface area contributed by atoms with Crippen LogP contribution in [-0.4, -0.2) is 21.0 Å². The molecule has 0 fully saturated rings. The van der Waals surface area contributed by atoms with E-state index in [-0.39, 0.29) is 5.69 Å². The Morgan fingerprint density at radius 2 is 1.70 bits per heavy atom. The zero-order chi connectivity index (χ0) is 23.8. The van der Waals surface area contributed by atoms with Crippen LogP contribution < -0.4 is 15.4 Å². The van der Waals surface area contributed by atoms with E-state index in [0.29, 0.717) is 23.0 Å². The van der Waals surface area contributed by atoms with Gasteiger partial charge < -0.3 is 20.4 Å². The summed E-state index contributed by atoms with van der Waals surface area (Å²) >= 11 is 5.59. The Bertz CT molecular complexity index is 1340. The Morgan fingerprint density at radius 3 is 2.39 bits per heavy atom. The van der Waals surface area contributed by atoms with Crippen LogP contribution in [0.3, 0.4) is 0 Å². The van der Waals surface area contributed by atoms with Crippen molar-refractivity contribution in [3.8, 4) is 11.6 Å². The molecular weight excluding hydrogens is 459 g/mol. The van der Waals surface area contributed by atoms with Crippen LogP contribution in [-0.2, 0) is 6.18 Å². The number of nitrogens with one attached hydrogen (secondary N) is 3. The quantitative estimate of drug-likeness (QED) is 0.307. The van der Waals surface area contributed by atoms with Crippen molar-refractivity contribution in [2.45, 2.75) is 20.0 Å². The topological polar surface area (TPSA) is 91.9 Å². The summed E-state index contributed by atoms with van der Waals surface area (Å²) in [5, 5.41) is 5.23. The van der Waals surface area contributed by atoms with E-state index in [9.17, 15) is 18.0 Å². The number of amides is 2. The zero-order valence-electron chi connectivity index (χ0n) is 17.3. The Kier molecular flexibility index (Phi) is 5.86. The maximum atomic E-state index is 13.0. The minimum Gasteiger partial charge on any atom is -0.438 e. The second kappa shape index (κ2) is 8.62. The lowest BCUT2D eigenvalue weighted by atomic mass is 10.2. The van der Waals surface area contributed by atoms with E-state index in [1.165, 1.54) is 12.4 Å². The van der Waals surface area contributed by atoms with Gasteiger partial charge in [0.1, 0.15) is 17.7 Å². The van der Waals surface area contributed by atoms with Gasteiger partial charge in [-0.15, -0.1) is 0 Å². The number of aryl methyl sites for hydroxylation is 2. The number of benzene rings is 2. The molecule has 2 amide bonds. The maximum Gasteiger partial charge on any atom is 0.417 e. The van der Waals surface area contributed by atoms with Crippen molar-refractivity contribution in [3.63, 3.8) is 0 Å². The molecule has 0 saturated carbocycles. The fraction of sp³-hybridized carbons (Fsp3) is 0.136. The van der Waals surface area contributed by atoms with Gasteiger partial charge >= 0.3 is 12.2 Å². The summed E-state index contributed by atoms with van der Waals surface area (Å²) in [4.78, 5) is 23.8. The lowest BCUT2D eigenvalue weighted by Gasteiger charge is -2.12. The molecule has 33 heavy (non-hydrogen) atoms. The number of hydrogen-bond donors (Lipinski definition) is 3. The summed E-state index contributed by atoms with van der Waals surface area (Å²) in [7, 11) is 0. The largest absolute Gasteiger partial charge is 0.438 e. The van der Waals surface area contributed by atoms with Gasteiger partial charge in [-0.1, -0.05) is 11.6 Å². The Hall–Kier alpha value is -3.79. The van der Waals surface area contributed by atoms with Crippen molar-refractivity contribution in [2.24, 2.45) is 0 Å². The number of aromatic nitrogens is 3. The zero-order valence-corrected chi connectivity index (χ0v) is 18.1. The van der Waals surface area contributed by atoms with Crippen LogP contribution in [0.15, 0.2) is 48.8 Å². The van der Waals surface area contributed by atoms with Crippen LogP contribution >= 0.6 is 11.6 Å². The molecule has 0 aliphatic heterocycles. The van der Waals surface area contributed by atoms with Crippen LogP contribution in [0.5, 0.6) is 11.6 Å². The van der Waals surface area contributed by atoms with Gasteiger partial charge in [0.15, 0.2) is 0 Å². The van der Waals surface area contributed by atoms with Crippen molar-refractivity contribution < 1.29 is 22.7 Å². The molecular formula is C22H17ClF3N5O2. The smallest absolute Gasteiger partial charge is 0.417 e. The van der Waals surface area contributed by atoms with Gasteiger partial charge in [0, 0.05) is 17.1 Å². The van der Waals surface area contributed by atoms with Crippen molar-refractivity contribution in [1.82, 2.24) is 15.0 Å². The maximum absolute atomic E-state index is 13.0. The van der Waals surface area contributed by atoms with E-state index in [2.05, 4.69) is 25.6 Å². The molecule has 0 aliphatic rings. The predicted molar refractivity (Wildman–Crippen MR) is 119 cm³/mol. The van der Waals surface area contributed by atoms with E-state index in [1.807, 2.05) is 13.8 Å². The molecule has 0 unspecified atom stereocenters. The number of halogens is 4. The Labute approximate surface area is 191 Å². The van der Waals surface area contributed by atoms with Crippen molar-refractivity contribution in [2.75, 3.05) is 10.6 Å². The molecule has 11 heteroatoms. The number of H-pyrrole nitrogens is 1. The molecule has 0 aliphatic carbocycles. The summed E-state index contributed by atoms with van der Waals surface area (Å²) in [6, 6.07) is 8.84. The van der Waals surface area contributed by atoms with Crippen molar-refractivity contribution >= 4 is 40.0 Å². The lowest BCUT2D eigenvalue weighted by Crippen LogP contribution is -2.19. The van der Waals surface area contributed by atoms with E-state index in [4.69, 9.17) is 16.3 Å². The third-order valence-electron chi connectivity index (χ3n) is 4.91. The molecule has 170 valence electrons. The Morgan fingerprint density at radius 1 is 1.03 bits per heavy atom. The minimum atomic E-state index is -4.63. The SMILES string of the molecule is Cc1[nH]c2ncnc(Oc3ccc(NC(=O)Nc4ccc(Cl)c(C(F)(F)F)c4)cc3)c2c1C. The fourth-order valence-corrected chi connectivity index (χ4v) is 3.39. The molecule has 7 nitrogen and oxygen atoms in total. The molecule has 2 aromatic carbocycles. The van der Waals surface area contributed by atoms with Crippen molar-refractivity contribution in [3.05, 3.63) is 70.6 Å². The number of hydrogen-bond acceptors (Lipinski definition) is 4. The highest BCUT2D eigenvalue weighted by Crippen LogP contribution is 2.36. The van der Waals surface area contributed by atoms with Gasteiger partial charge in [0.25, 0.3) is 0 Å². The molecule has 0 atom stereocenters. The molecule has 0 saturated heterocycles. The van der Waals surface area contributed by atoms with Crippen molar-refractivity contribution in [1.29, 1.82) is 0 Å². The van der Waals surface area contributed by atoms with Crippen LogP contribution in [0.25, 0.3) is 11.0 Å². The van der Waals surface area contributed by atoms with E-state index in [0.717, 1.165) is 28.8 Å². The first kappa shape index (κ1) is 22.4. The number of urea groups is 1. The highest BCUT2D eigenvalue weighted by molar-refractivity contribution is 6.31. The van der Waals surface area contributed by atoms with Crippen LogP contribution in [0, 0.1) is 13.8 Å². The third kappa shape index (κ3) is 4.85. The number of rotatable bonds is 4. The van der Waals surface area contributed by atoms with Crippen LogP contribution in [0.1, 0.15) is 16.8 Å². The lowest BCUT2D eigenvalue weighted by molar-refractivity contribution is -0.137. The van der Waals surface area contributed by atoms with E-state index in [1.54, 1.807) is 24.3 Å². The van der Waals surface area contributed by atoms with E-state index >= 15 is 0 Å². The van der Waals surface area contributed by atoms with Gasteiger partial charge in [0.05, 0.1) is 16.0 Å². The molecule has 4 aromatic rings. The average molecular weight is 476 g/mol. The molecule has 0 spiro atoms. The molecule has 0 radical (unpaired) electrons. The number of carbonyl (C=O) groups excluding carboxylic acids is 1. The summed E-state index contributed by atoms with van der Waals surface area (Å²) in [6.45, 7) is 3.87. The van der Waals surface area contributed by atoms with Gasteiger partial charge in [-0.3, -0.25) is 0 Å². The Balaban J connectivity index is 1.44. The number of anilines is 2. The van der Waals surface area contributed by atoms with Gasteiger partial charge in [0.2, 0.25) is 5.88 Å². The second-order valence-corrected chi connectivity index (χ2v) is 7.58. The number of fused-ring (bicyclic) bond motifs is 1. The molecule has 2 heterocycles. The predicted octanol–water partition coefficient (Wildman–Crippen LogP) is 6.68. The molecule has 2 aromatic heterocycles. The van der Waals surface area contributed by atoms with E-state index < -0.39 is 22.8 Å². The fourth-order valence-electron chi connectivity index (χ4n) is 3.17. The third-order valence-corrected chi connectivity index (χ3v) is 5.24. The number of nitrogens with zero attached hydrogens (tertiary/aromatic N) is 2. The summed E-state index contributed by atoms with van der Waals surface area (Å²) < 4.78 is 44.8. The highest BCUT2D eigenvalue weighted by atomic mass is 35.5. The monoisotopic (exact) mass is 475 g/mol. The molecule has 3 N–H and O–H groups in total. The number of alkyl halides is 3. The number of carbonyl (C=O) groups is 1. The van der Waals surface area contributed by atoms with Gasteiger partial charge in [-0.2, -0.15) is 13.2 Å². The second-order valence-electron chi connectivity index (χ2n) is 7.18. The summed E-state index contributed by atoms with van der Waals surface area (Å²) in [5.74, 6) is 0.871.